The van der Waals surface area contributed by atoms with Gasteiger partial charge in [-0.1, -0.05) is 36.4 Å². The molecule has 1 amide bonds. The van der Waals surface area contributed by atoms with E-state index in [4.69, 9.17) is 10.5 Å². The summed E-state index contributed by atoms with van der Waals surface area (Å²) in [5.74, 6) is 0.453. The summed E-state index contributed by atoms with van der Waals surface area (Å²) in [7, 11) is 0. The number of aryl methyl sites for hydroxylation is 1. The smallest absolute Gasteiger partial charge is 0.260 e. The minimum atomic E-state index is -0.600. The Morgan fingerprint density at radius 3 is 2.54 bits per heavy atom. The van der Waals surface area contributed by atoms with Crippen LogP contribution in [0.25, 0.3) is 0 Å². The SMILES string of the molecule is Cc1ccc(OC(C)C(=O)NCC(N)c2ccccc2)c(Br)c1.Cl. The summed E-state index contributed by atoms with van der Waals surface area (Å²) in [6.45, 7) is 4.08. The quantitative estimate of drug-likeness (QED) is 0.758. The number of halogens is 2. The maximum absolute atomic E-state index is 12.2. The Hall–Kier alpha value is -1.56. The third-order valence-corrected chi connectivity index (χ3v) is 4.10. The van der Waals surface area contributed by atoms with Crippen molar-refractivity contribution in [2.75, 3.05) is 6.54 Å². The van der Waals surface area contributed by atoms with Gasteiger partial charge in [0, 0.05) is 12.6 Å². The van der Waals surface area contributed by atoms with E-state index in [0.29, 0.717) is 12.3 Å². The highest BCUT2D eigenvalue weighted by atomic mass is 79.9. The molecule has 0 spiro atoms. The number of hydrogen-bond acceptors (Lipinski definition) is 3. The molecular formula is C18H22BrClN2O2. The molecule has 130 valence electrons. The first-order chi connectivity index (χ1) is 11.0. The molecule has 0 heterocycles. The lowest BCUT2D eigenvalue weighted by molar-refractivity contribution is -0.127. The van der Waals surface area contributed by atoms with Crippen molar-refractivity contribution in [3.05, 3.63) is 64.1 Å². The van der Waals surface area contributed by atoms with Crippen LogP contribution in [-0.2, 0) is 4.79 Å². The van der Waals surface area contributed by atoms with Crippen LogP contribution in [0.15, 0.2) is 53.0 Å². The summed E-state index contributed by atoms with van der Waals surface area (Å²) in [5, 5.41) is 2.83. The Balaban J connectivity index is 0.00000288. The molecule has 0 radical (unpaired) electrons. The molecule has 0 aromatic heterocycles. The maximum Gasteiger partial charge on any atom is 0.260 e. The fraction of sp³-hybridized carbons (Fsp3) is 0.278. The Morgan fingerprint density at radius 1 is 1.25 bits per heavy atom. The number of hydrogen-bond donors (Lipinski definition) is 2. The summed E-state index contributed by atoms with van der Waals surface area (Å²) in [4.78, 5) is 12.2. The van der Waals surface area contributed by atoms with E-state index in [9.17, 15) is 4.79 Å². The standard InChI is InChI=1S/C18H21BrN2O2.ClH/c1-12-8-9-17(15(19)10-12)23-13(2)18(22)21-11-16(20)14-6-4-3-5-7-14;/h3-10,13,16H,11,20H2,1-2H3,(H,21,22);1H. The molecule has 6 heteroatoms. The van der Waals surface area contributed by atoms with Crippen molar-refractivity contribution >= 4 is 34.2 Å². The monoisotopic (exact) mass is 412 g/mol. The van der Waals surface area contributed by atoms with Gasteiger partial charge in [-0.3, -0.25) is 4.79 Å². The van der Waals surface area contributed by atoms with Gasteiger partial charge in [0.05, 0.1) is 4.47 Å². The van der Waals surface area contributed by atoms with Gasteiger partial charge in [-0.2, -0.15) is 0 Å². The van der Waals surface area contributed by atoms with Crippen LogP contribution < -0.4 is 15.8 Å². The van der Waals surface area contributed by atoms with Crippen LogP contribution in [0.5, 0.6) is 5.75 Å². The van der Waals surface area contributed by atoms with E-state index in [1.54, 1.807) is 6.92 Å². The second-order valence-electron chi connectivity index (χ2n) is 5.46. The molecule has 24 heavy (non-hydrogen) atoms. The lowest BCUT2D eigenvalue weighted by atomic mass is 10.1. The molecule has 0 bridgehead atoms. The van der Waals surface area contributed by atoms with Crippen molar-refractivity contribution in [1.82, 2.24) is 5.32 Å². The highest BCUT2D eigenvalue weighted by molar-refractivity contribution is 9.10. The highest BCUT2D eigenvalue weighted by Gasteiger charge is 2.17. The predicted molar refractivity (Wildman–Crippen MR) is 103 cm³/mol. The third-order valence-electron chi connectivity index (χ3n) is 3.48. The Kier molecular flexibility index (Phi) is 8.25. The average Bonchev–Trinajstić information content (AvgIpc) is 2.55. The second-order valence-corrected chi connectivity index (χ2v) is 6.31. The molecule has 0 saturated heterocycles. The summed E-state index contributed by atoms with van der Waals surface area (Å²) >= 11 is 3.44. The lowest BCUT2D eigenvalue weighted by Crippen LogP contribution is -2.40. The van der Waals surface area contributed by atoms with Gasteiger partial charge in [-0.05, 0) is 53.0 Å². The van der Waals surface area contributed by atoms with E-state index in [-0.39, 0.29) is 24.4 Å². The first-order valence-corrected chi connectivity index (χ1v) is 8.27. The fourth-order valence-electron chi connectivity index (χ4n) is 2.12. The highest BCUT2D eigenvalue weighted by Crippen LogP contribution is 2.26. The molecule has 2 atom stereocenters. The average molecular weight is 414 g/mol. The van der Waals surface area contributed by atoms with Gasteiger partial charge >= 0.3 is 0 Å². The molecule has 2 aromatic carbocycles. The predicted octanol–water partition coefficient (Wildman–Crippen LogP) is 3.76. The second kappa shape index (κ2) is 9.67. The van der Waals surface area contributed by atoms with Crippen molar-refractivity contribution in [2.24, 2.45) is 5.73 Å². The Labute approximate surface area is 157 Å². The van der Waals surface area contributed by atoms with Crippen LogP contribution in [0.3, 0.4) is 0 Å². The topological polar surface area (TPSA) is 64.3 Å². The van der Waals surface area contributed by atoms with Crippen LogP contribution in [-0.4, -0.2) is 18.6 Å². The van der Waals surface area contributed by atoms with Crippen molar-refractivity contribution in [1.29, 1.82) is 0 Å². The van der Waals surface area contributed by atoms with Gasteiger partial charge < -0.3 is 15.8 Å². The van der Waals surface area contributed by atoms with Gasteiger partial charge in [0.1, 0.15) is 5.75 Å². The van der Waals surface area contributed by atoms with E-state index in [0.717, 1.165) is 15.6 Å². The molecule has 0 fully saturated rings. The van der Waals surface area contributed by atoms with Crippen LogP contribution in [0, 0.1) is 6.92 Å². The van der Waals surface area contributed by atoms with Gasteiger partial charge in [0.2, 0.25) is 0 Å². The van der Waals surface area contributed by atoms with Crippen LogP contribution in [0.2, 0.25) is 0 Å². The largest absolute Gasteiger partial charge is 0.480 e. The van der Waals surface area contributed by atoms with Gasteiger partial charge in [0.25, 0.3) is 5.91 Å². The number of rotatable bonds is 6. The number of ether oxygens (including phenoxy) is 1. The van der Waals surface area contributed by atoms with E-state index in [1.165, 1.54) is 0 Å². The van der Waals surface area contributed by atoms with E-state index in [2.05, 4.69) is 21.2 Å². The maximum atomic E-state index is 12.2. The number of carbonyl (C=O) groups is 1. The van der Waals surface area contributed by atoms with Crippen LogP contribution in [0.4, 0.5) is 0 Å². The van der Waals surface area contributed by atoms with E-state index >= 15 is 0 Å². The number of nitrogens with two attached hydrogens (primary N) is 1. The molecule has 0 saturated carbocycles. The zero-order valence-corrected chi connectivity index (χ0v) is 16.1. The first-order valence-electron chi connectivity index (χ1n) is 7.48. The number of benzene rings is 2. The van der Waals surface area contributed by atoms with Crippen molar-refractivity contribution in [3.8, 4) is 5.75 Å². The molecule has 0 aliphatic carbocycles. The minimum absolute atomic E-state index is 0. The molecule has 2 rings (SSSR count). The van der Waals surface area contributed by atoms with Crippen molar-refractivity contribution in [3.63, 3.8) is 0 Å². The van der Waals surface area contributed by atoms with Gasteiger partial charge in [-0.25, -0.2) is 0 Å². The third kappa shape index (κ3) is 5.82. The number of carbonyl (C=O) groups excluding carboxylic acids is 1. The first kappa shape index (κ1) is 20.5. The molecule has 0 aliphatic rings. The summed E-state index contributed by atoms with van der Waals surface area (Å²) in [6.07, 6.45) is -0.600. The van der Waals surface area contributed by atoms with Crippen molar-refractivity contribution < 1.29 is 9.53 Å². The van der Waals surface area contributed by atoms with Crippen LogP contribution >= 0.6 is 28.3 Å². The zero-order chi connectivity index (χ0) is 16.8. The van der Waals surface area contributed by atoms with Crippen LogP contribution in [0.1, 0.15) is 24.1 Å². The zero-order valence-electron chi connectivity index (χ0n) is 13.7. The number of amides is 1. The molecular weight excluding hydrogens is 392 g/mol. The molecule has 0 aliphatic heterocycles. The fourth-order valence-corrected chi connectivity index (χ4v) is 2.70. The lowest BCUT2D eigenvalue weighted by Gasteiger charge is -2.18. The van der Waals surface area contributed by atoms with E-state index < -0.39 is 6.10 Å². The molecule has 4 nitrogen and oxygen atoms in total. The Morgan fingerprint density at radius 2 is 1.92 bits per heavy atom. The minimum Gasteiger partial charge on any atom is -0.480 e. The summed E-state index contributed by atoms with van der Waals surface area (Å²) < 4.78 is 6.53. The normalized spacial score (nSPS) is 12.7. The summed E-state index contributed by atoms with van der Waals surface area (Å²) in [5.41, 5.74) is 8.18. The van der Waals surface area contributed by atoms with Gasteiger partial charge in [-0.15, -0.1) is 12.4 Å². The molecule has 2 unspecified atom stereocenters. The number of nitrogens with one attached hydrogen (secondary N) is 1. The molecule has 2 aromatic rings. The molecule has 3 N–H and O–H groups in total. The van der Waals surface area contributed by atoms with E-state index in [1.807, 2.05) is 55.5 Å². The van der Waals surface area contributed by atoms with Crippen molar-refractivity contribution in [2.45, 2.75) is 26.0 Å². The summed E-state index contributed by atoms with van der Waals surface area (Å²) in [6, 6.07) is 15.2. The van der Waals surface area contributed by atoms with Gasteiger partial charge in [0.15, 0.2) is 6.10 Å². The Bertz CT molecular complexity index is 667.